The molecule has 0 fully saturated rings. The van der Waals surface area contributed by atoms with Crippen LogP contribution in [-0.4, -0.2) is 25.2 Å². The Morgan fingerprint density at radius 2 is 1.73 bits per heavy atom. The maximum absolute atomic E-state index is 4.21. The van der Waals surface area contributed by atoms with E-state index in [-0.39, 0.29) is 0 Å². The van der Waals surface area contributed by atoms with Crippen molar-refractivity contribution in [1.29, 1.82) is 0 Å². The van der Waals surface area contributed by atoms with Crippen LogP contribution < -0.4 is 5.32 Å². The first-order valence-corrected chi connectivity index (χ1v) is 7.63. The first-order valence-electron chi connectivity index (χ1n) is 6.81. The number of benzene rings is 2. The van der Waals surface area contributed by atoms with Crippen LogP contribution in [0.15, 0.2) is 54.6 Å². The molecule has 2 heterocycles. The largest absolute Gasteiger partial charge is 0.330 e. The summed E-state index contributed by atoms with van der Waals surface area (Å²) in [6, 6.07) is 17.8. The minimum Gasteiger partial charge on any atom is -0.330 e. The molecule has 0 amide bonds. The lowest BCUT2D eigenvalue weighted by atomic mass is 10.3. The first kappa shape index (κ1) is 12.9. The third kappa shape index (κ3) is 2.53. The molecule has 7 heteroatoms. The molecule has 1 N–H and O–H groups in total. The number of hydrogen-bond donors (Lipinski definition) is 1. The molecule has 4 rings (SSSR count). The maximum Gasteiger partial charge on any atom is 0.210 e. The van der Waals surface area contributed by atoms with Gasteiger partial charge in [-0.1, -0.05) is 46.9 Å². The van der Waals surface area contributed by atoms with Gasteiger partial charge in [-0.3, -0.25) is 0 Å². The predicted octanol–water partition coefficient (Wildman–Crippen LogP) is 3.07. The molecular formula is C15H12N6S. The molecule has 0 unspecified atom stereocenters. The second-order valence-corrected chi connectivity index (χ2v) is 5.79. The van der Waals surface area contributed by atoms with E-state index in [1.54, 1.807) is 0 Å². The van der Waals surface area contributed by atoms with E-state index in [9.17, 15) is 0 Å². The van der Waals surface area contributed by atoms with E-state index in [0.717, 1.165) is 26.9 Å². The van der Waals surface area contributed by atoms with Crippen LogP contribution in [0.2, 0.25) is 0 Å². The van der Waals surface area contributed by atoms with Gasteiger partial charge in [0.15, 0.2) is 0 Å². The molecule has 0 bridgehead atoms. The number of para-hydroxylation sites is 2. The van der Waals surface area contributed by atoms with Crippen molar-refractivity contribution in [3.05, 3.63) is 59.6 Å². The van der Waals surface area contributed by atoms with Crippen LogP contribution in [0.4, 0.5) is 10.8 Å². The summed E-state index contributed by atoms with van der Waals surface area (Å²) in [5.74, 6) is 0. The Morgan fingerprint density at radius 3 is 2.64 bits per heavy atom. The number of fused-ring (bicyclic) bond motifs is 1. The van der Waals surface area contributed by atoms with Crippen molar-refractivity contribution in [3.63, 3.8) is 0 Å². The lowest BCUT2D eigenvalue weighted by Gasteiger charge is -1.99. The quantitative estimate of drug-likeness (QED) is 0.627. The van der Waals surface area contributed by atoms with E-state index in [4.69, 9.17) is 0 Å². The first-order chi connectivity index (χ1) is 10.9. The molecule has 0 spiro atoms. The van der Waals surface area contributed by atoms with Gasteiger partial charge in [-0.25, -0.2) is 4.68 Å². The Hall–Kier alpha value is -2.80. The van der Waals surface area contributed by atoms with Gasteiger partial charge in [0, 0.05) is 5.69 Å². The van der Waals surface area contributed by atoms with Gasteiger partial charge in [-0.2, -0.15) is 0 Å². The van der Waals surface area contributed by atoms with E-state index >= 15 is 0 Å². The Labute approximate surface area is 130 Å². The molecule has 108 valence electrons. The zero-order valence-electron chi connectivity index (χ0n) is 11.5. The molecule has 0 aliphatic carbocycles. The lowest BCUT2D eigenvalue weighted by Crippen LogP contribution is -2.01. The van der Waals surface area contributed by atoms with E-state index in [2.05, 4.69) is 25.8 Å². The minimum absolute atomic E-state index is 0.564. The standard InChI is InChI=1S/C15H12N6S/c1-2-6-11(7-3-1)16-15-19-18-14(22-15)10-21-13-9-5-4-8-12(13)17-20-21/h1-9H,10H2,(H,16,19). The molecule has 4 aromatic rings. The predicted molar refractivity (Wildman–Crippen MR) is 86.3 cm³/mol. The lowest BCUT2D eigenvalue weighted by molar-refractivity contribution is 0.662. The van der Waals surface area contributed by atoms with Crippen LogP contribution >= 0.6 is 11.3 Å². The molecule has 0 aliphatic heterocycles. The van der Waals surface area contributed by atoms with Crippen LogP contribution in [0.3, 0.4) is 0 Å². The molecule has 0 aliphatic rings. The number of rotatable bonds is 4. The molecule has 2 aromatic carbocycles. The molecule has 0 atom stereocenters. The van der Waals surface area contributed by atoms with Crippen molar-refractivity contribution in [2.75, 3.05) is 5.32 Å². The fourth-order valence-corrected chi connectivity index (χ4v) is 2.92. The van der Waals surface area contributed by atoms with Gasteiger partial charge in [0.2, 0.25) is 5.13 Å². The van der Waals surface area contributed by atoms with Crippen molar-refractivity contribution in [3.8, 4) is 0 Å². The zero-order valence-corrected chi connectivity index (χ0v) is 12.4. The van der Waals surface area contributed by atoms with E-state index in [1.807, 2.05) is 59.3 Å². The summed E-state index contributed by atoms with van der Waals surface area (Å²) in [5.41, 5.74) is 2.88. The average Bonchev–Trinajstić information content (AvgIpc) is 3.17. The van der Waals surface area contributed by atoms with Crippen molar-refractivity contribution in [2.24, 2.45) is 0 Å². The third-order valence-corrected chi connectivity index (χ3v) is 4.02. The number of anilines is 2. The zero-order chi connectivity index (χ0) is 14.8. The fourth-order valence-electron chi connectivity index (χ4n) is 2.18. The summed E-state index contributed by atoms with van der Waals surface area (Å²) < 4.78 is 1.84. The Balaban J connectivity index is 1.54. The average molecular weight is 308 g/mol. The number of aromatic nitrogens is 5. The fraction of sp³-hybridized carbons (Fsp3) is 0.0667. The molecule has 0 saturated carbocycles. The monoisotopic (exact) mass is 308 g/mol. The normalized spacial score (nSPS) is 10.9. The summed E-state index contributed by atoms with van der Waals surface area (Å²) in [6.07, 6.45) is 0. The molecule has 6 nitrogen and oxygen atoms in total. The smallest absolute Gasteiger partial charge is 0.210 e. The number of hydrogen-bond acceptors (Lipinski definition) is 6. The van der Waals surface area contributed by atoms with Gasteiger partial charge in [-0.05, 0) is 24.3 Å². The summed E-state index contributed by atoms with van der Waals surface area (Å²) in [6.45, 7) is 0.564. The van der Waals surface area contributed by atoms with Gasteiger partial charge in [0.25, 0.3) is 0 Å². The van der Waals surface area contributed by atoms with E-state index in [1.165, 1.54) is 11.3 Å². The maximum atomic E-state index is 4.21. The van der Waals surface area contributed by atoms with Crippen LogP contribution in [-0.2, 0) is 6.54 Å². The van der Waals surface area contributed by atoms with Crippen LogP contribution in [0, 0.1) is 0 Å². The summed E-state index contributed by atoms with van der Waals surface area (Å²) in [4.78, 5) is 0. The molecule has 0 saturated heterocycles. The van der Waals surface area contributed by atoms with Gasteiger partial charge in [0.1, 0.15) is 10.5 Å². The SMILES string of the molecule is c1ccc(Nc2nnc(Cn3nnc4ccccc43)s2)cc1. The highest BCUT2D eigenvalue weighted by atomic mass is 32.1. The van der Waals surface area contributed by atoms with E-state index < -0.39 is 0 Å². The highest BCUT2D eigenvalue weighted by Crippen LogP contribution is 2.21. The highest BCUT2D eigenvalue weighted by molar-refractivity contribution is 7.15. The Kier molecular flexibility index (Phi) is 3.24. The highest BCUT2D eigenvalue weighted by Gasteiger charge is 2.09. The van der Waals surface area contributed by atoms with Crippen LogP contribution in [0.5, 0.6) is 0 Å². The number of nitrogens with one attached hydrogen (secondary N) is 1. The molecular weight excluding hydrogens is 296 g/mol. The van der Waals surface area contributed by atoms with Crippen LogP contribution in [0.25, 0.3) is 11.0 Å². The van der Waals surface area contributed by atoms with E-state index in [0.29, 0.717) is 6.54 Å². The summed E-state index contributed by atoms with van der Waals surface area (Å²) in [5, 5.41) is 21.6. The Morgan fingerprint density at radius 1 is 0.909 bits per heavy atom. The van der Waals surface area contributed by atoms with Crippen molar-refractivity contribution < 1.29 is 0 Å². The van der Waals surface area contributed by atoms with Crippen molar-refractivity contribution >= 4 is 33.2 Å². The Bertz CT molecular complexity index is 898. The molecule has 0 radical (unpaired) electrons. The van der Waals surface area contributed by atoms with Gasteiger partial charge < -0.3 is 5.32 Å². The van der Waals surface area contributed by atoms with Gasteiger partial charge >= 0.3 is 0 Å². The minimum atomic E-state index is 0.564. The van der Waals surface area contributed by atoms with Crippen molar-refractivity contribution in [2.45, 2.75) is 6.54 Å². The second-order valence-electron chi connectivity index (χ2n) is 4.73. The summed E-state index contributed by atoms with van der Waals surface area (Å²) in [7, 11) is 0. The molecule has 2 aromatic heterocycles. The topological polar surface area (TPSA) is 68.5 Å². The summed E-state index contributed by atoms with van der Waals surface area (Å²) >= 11 is 1.51. The van der Waals surface area contributed by atoms with Crippen molar-refractivity contribution in [1.82, 2.24) is 25.2 Å². The third-order valence-electron chi connectivity index (χ3n) is 3.20. The van der Waals surface area contributed by atoms with Crippen LogP contribution in [0.1, 0.15) is 5.01 Å². The van der Waals surface area contributed by atoms with Gasteiger partial charge in [-0.15, -0.1) is 15.3 Å². The molecule has 22 heavy (non-hydrogen) atoms. The number of nitrogens with zero attached hydrogens (tertiary/aromatic N) is 5. The van der Waals surface area contributed by atoms with Gasteiger partial charge in [0.05, 0.1) is 12.1 Å². The second kappa shape index (κ2) is 5.53.